The number of nitrogens with one attached hydrogen (secondary N) is 2. The summed E-state index contributed by atoms with van der Waals surface area (Å²) in [6, 6.07) is -2.97. The van der Waals surface area contributed by atoms with Gasteiger partial charge in [-0.2, -0.15) is 0 Å². The van der Waals surface area contributed by atoms with Crippen molar-refractivity contribution in [3.05, 3.63) is 0 Å². The lowest BCUT2D eigenvalue weighted by atomic mass is 9.94. The van der Waals surface area contributed by atoms with E-state index < -0.39 is 161 Å². The topological polar surface area (TPSA) is 366 Å². The third-order valence-corrected chi connectivity index (χ3v) is 8.99. The number of hydrogen-bond donors (Lipinski definition) is 14. The van der Waals surface area contributed by atoms with Gasteiger partial charge in [-0.25, -0.2) is 0 Å². The molecule has 2 amide bonds. The standard InChI is InChI=1S/C28H48N2O21/c1-7(34)29-13-18(39)15(36)9(3-31)47-26(13)45-6-12-17(38)24(22(43)25(44)46-12)51-27-14(30-8(2)35)19(40)23(11(5-33)49-27)50-28-21(42)20(41)16(37)10(4-32)48-28/h9-28,31-33,36-44H,3-6H2,1-2H3,(H,29,34)(H,30,35)/t9-,10-,11-,12-,13-,14-,15-,16+,17+,18-,19-,20+,21-,22-,23-,24+,25?,26-,27+,28+/m1/s1. The van der Waals surface area contributed by atoms with Crippen LogP contribution in [-0.4, -0.2) is 222 Å². The SMILES string of the molecule is CC(=O)N[C@H]1[C@H](O[C@H]2[C@@H](O)[C@@H](CO[C@@H]3O[C@H](CO)[C@@H](O)[C@H](O)[C@H]3NC(C)=O)OC(O)[C@@H]2O)O[C@H](CO)[C@@H](O[C@@H]2O[C@H](CO)[C@H](O)[C@H](O)[C@H]2O)[C@@H]1O. The summed E-state index contributed by atoms with van der Waals surface area (Å²) in [5.74, 6) is -1.39. The average molecular weight is 749 g/mol. The minimum atomic E-state index is -2.05. The molecule has 0 aromatic rings. The van der Waals surface area contributed by atoms with Gasteiger partial charge in [0.2, 0.25) is 11.8 Å². The molecule has 0 aliphatic carbocycles. The van der Waals surface area contributed by atoms with E-state index in [1.807, 2.05) is 0 Å². The molecule has 296 valence electrons. The van der Waals surface area contributed by atoms with E-state index in [0.29, 0.717) is 0 Å². The van der Waals surface area contributed by atoms with Crippen molar-refractivity contribution in [3.8, 4) is 0 Å². The first kappa shape index (κ1) is 41.9. The van der Waals surface area contributed by atoms with Gasteiger partial charge in [0.25, 0.3) is 0 Å². The van der Waals surface area contributed by atoms with Gasteiger partial charge in [-0.1, -0.05) is 0 Å². The van der Waals surface area contributed by atoms with Crippen LogP contribution < -0.4 is 10.6 Å². The Bertz CT molecular complexity index is 1140. The molecule has 0 bridgehead atoms. The summed E-state index contributed by atoms with van der Waals surface area (Å²) in [6.07, 6.45) is -31.0. The Morgan fingerprint density at radius 2 is 1.00 bits per heavy atom. The monoisotopic (exact) mass is 748 g/mol. The zero-order chi connectivity index (χ0) is 37.9. The molecule has 4 aliphatic rings. The van der Waals surface area contributed by atoms with Crippen LogP contribution in [0.1, 0.15) is 13.8 Å². The van der Waals surface area contributed by atoms with E-state index in [9.17, 15) is 70.9 Å². The highest BCUT2D eigenvalue weighted by atomic mass is 16.7. The Morgan fingerprint density at radius 3 is 1.55 bits per heavy atom. The van der Waals surface area contributed by atoms with Crippen LogP contribution in [0.25, 0.3) is 0 Å². The van der Waals surface area contributed by atoms with Gasteiger partial charge in [-0.3, -0.25) is 9.59 Å². The van der Waals surface area contributed by atoms with Crippen LogP contribution in [0.15, 0.2) is 0 Å². The molecule has 4 fully saturated rings. The number of carbonyl (C=O) groups is 2. The molecular weight excluding hydrogens is 700 g/mol. The lowest BCUT2D eigenvalue weighted by Crippen LogP contribution is -2.69. The molecule has 0 aromatic heterocycles. The quantitative estimate of drug-likeness (QED) is 0.0881. The van der Waals surface area contributed by atoms with E-state index in [-0.39, 0.29) is 0 Å². The van der Waals surface area contributed by atoms with Crippen LogP contribution in [-0.2, 0) is 42.7 Å². The molecule has 4 rings (SSSR count). The van der Waals surface area contributed by atoms with E-state index in [0.717, 1.165) is 13.8 Å². The fourth-order valence-electron chi connectivity index (χ4n) is 6.25. The maximum atomic E-state index is 12.2. The van der Waals surface area contributed by atoms with Gasteiger partial charge >= 0.3 is 0 Å². The molecule has 0 saturated carbocycles. The summed E-state index contributed by atoms with van der Waals surface area (Å²) >= 11 is 0. The highest BCUT2D eigenvalue weighted by Crippen LogP contribution is 2.33. The third-order valence-electron chi connectivity index (χ3n) is 8.99. The first-order valence-corrected chi connectivity index (χ1v) is 16.1. The first-order valence-electron chi connectivity index (χ1n) is 16.1. The van der Waals surface area contributed by atoms with E-state index in [2.05, 4.69) is 10.6 Å². The van der Waals surface area contributed by atoms with E-state index in [1.165, 1.54) is 0 Å². The molecule has 0 aromatic carbocycles. The largest absolute Gasteiger partial charge is 0.394 e. The summed E-state index contributed by atoms with van der Waals surface area (Å²) in [7, 11) is 0. The van der Waals surface area contributed by atoms with Gasteiger partial charge < -0.3 is 105 Å². The fraction of sp³-hybridized carbons (Fsp3) is 0.929. The zero-order valence-electron chi connectivity index (χ0n) is 27.4. The molecule has 51 heavy (non-hydrogen) atoms. The van der Waals surface area contributed by atoms with Gasteiger partial charge in [-0.15, -0.1) is 0 Å². The van der Waals surface area contributed by atoms with Gasteiger partial charge in [0.15, 0.2) is 25.2 Å². The van der Waals surface area contributed by atoms with Gasteiger partial charge in [0.05, 0.1) is 26.4 Å². The van der Waals surface area contributed by atoms with Crippen molar-refractivity contribution in [2.24, 2.45) is 0 Å². The summed E-state index contributed by atoms with van der Waals surface area (Å²) in [4.78, 5) is 23.9. The molecule has 20 atom stereocenters. The normalized spacial score (nSPS) is 47.8. The van der Waals surface area contributed by atoms with Crippen LogP contribution >= 0.6 is 0 Å². The molecule has 0 radical (unpaired) electrons. The lowest BCUT2D eigenvalue weighted by Gasteiger charge is -2.49. The van der Waals surface area contributed by atoms with Gasteiger partial charge in [0.1, 0.15) is 97.5 Å². The predicted molar refractivity (Wildman–Crippen MR) is 157 cm³/mol. The Morgan fingerprint density at radius 1 is 0.510 bits per heavy atom. The molecule has 0 spiro atoms. The second-order valence-electron chi connectivity index (χ2n) is 12.7. The summed E-state index contributed by atoms with van der Waals surface area (Å²) in [5.41, 5.74) is 0. The van der Waals surface area contributed by atoms with Crippen LogP contribution in [0.2, 0.25) is 0 Å². The highest BCUT2D eigenvalue weighted by Gasteiger charge is 2.54. The predicted octanol–water partition coefficient (Wildman–Crippen LogP) is -9.46. The van der Waals surface area contributed by atoms with Crippen LogP contribution in [0.5, 0.6) is 0 Å². The lowest BCUT2D eigenvalue weighted by molar-refractivity contribution is -0.367. The minimum absolute atomic E-state index is 0.641. The third kappa shape index (κ3) is 9.29. The van der Waals surface area contributed by atoms with E-state index in [1.54, 1.807) is 0 Å². The van der Waals surface area contributed by atoms with Crippen molar-refractivity contribution < 1.29 is 104 Å². The molecule has 4 aliphatic heterocycles. The highest BCUT2D eigenvalue weighted by molar-refractivity contribution is 5.73. The van der Waals surface area contributed by atoms with Crippen molar-refractivity contribution >= 4 is 11.8 Å². The number of ether oxygens (including phenoxy) is 7. The van der Waals surface area contributed by atoms with Crippen molar-refractivity contribution in [2.75, 3.05) is 26.4 Å². The van der Waals surface area contributed by atoms with Crippen LogP contribution in [0, 0.1) is 0 Å². The number of amides is 2. The Balaban J connectivity index is 1.50. The van der Waals surface area contributed by atoms with Crippen molar-refractivity contribution in [1.29, 1.82) is 0 Å². The van der Waals surface area contributed by atoms with Crippen molar-refractivity contribution in [1.82, 2.24) is 10.6 Å². The summed E-state index contributed by atoms with van der Waals surface area (Å²) in [5, 5.41) is 129. The number of carbonyl (C=O) groups excluding carboxylic acids is 2. The second kappa shape index (κ2) is 18.0. The van der Waals surface area contributed by atoms with Crippen LogP contribution in [0.4, 0.5) is 0 Å². The van der Waals surface area contributed by atoms with E-state index in [4.69, 9.17) is 33.2 Å². The van der Waals surface area contributed by atoms with Crippen LogP contribution in [0.3, 0.4) is 0 Å². The maximum Gasteiger partial charge on any atom is 0.217 e. The molecule has 4 saturated heterocycles. The maximum absolute atomic E-state index is 12.2. The smallest absolute Gasteiger partial charge is 0.217 e. The van der Waals surface area contributed by atoms with Gasteiger partial charge in [0, 0.05) is 13.8 Å². The zero-order valence-corrected chi connectivity index (χ0v) is 27.4. The molecule has 4 heterocycles. The van der Waals surface area contributed by atoms with Crippen molar-refractivity contribution in [3.63, 3.8) is 0 Å². The Hall–Kier alpha value is -1.82. The molecule has 1 unspecified atom stereocenters. The molecule has 23 nitrogen and oxygen atoms in total. The average Bonchev–Trinajstić information content (AvgIpc) is 3.08. The summed E-state index contributed by atoms with van der Waals surface area (Å²) in [6.45, 7) is -0.955. The second-order valence-corrected chi connectivity index (χ2v) is 12.7. The minimum Gasteiger partial charge on any atom is -0.394 e. The Labute approximate surface area is 289 Å². The molecular formula is C28H48N2O21. The molecule has 14 N–H and O–H groups in total. The number of hydrogen-bond acceptors (Lipinski definition) is 21. The number of aliphatic hydroxyl groups is 12. The Kier molecular flexibility index (Phi) is 14.8. The van der Waals surface area contributed by atoms with Gasteiger partial charge in [-0.05, 0) is 0 Å². The number of rotatable bonds is 12. The first-order chi connectivity index (χ1) is 24.0. The van der Waals surface area contributed by atoms with Crippen molar-refractivity contribution in [2.45, 2.75) is 137 Å². The fourth-order valence-corrected chi connectivity index (χ4v) is 6.25. The summed E-state index contributed by atoms with van der Waals surface area (Å²) < 4.78 is 38.9. The van der Waals surface area contributed by atoms with E-state index >= 15 is 0 Å². The number of aliphatic hydroxyl groups excluding tert-OH is 12. The molecule has 23 heteroatoms.